The van der Waals surface area contributed by atoms with E-state index in [2.05, 4.69) is 0 Å². The van der Waals surface area contributed by atoms with Gasteiger partial charge in [-0.15, -0.1) is 0 Å². The highest BCUT2D eigenvalue weighted by atomic mass is 32.2. The van der Waals surface area contributed by atoms with Gasteiger partial charge in [-0.3, -0.25) is 4.79 Å². The van der Waals surface area contributed by atoms with Crippen LogP contribution in [0.3, 0.4) is 0 Å². The van der Waals surface area contributed by atoms with Gasteiger partial charge in [0, 0.05) is 0 Å². The van der Waals surface area contributed by atoms with Crippen molar-refractivity contribution in [1.29, 1.82) is 0 Å². The van der Waals surface area contributed by atoms with E-state index in [4.69, 9.17) is 4.74 Å². The predicted octanol–water partition coefficient (Wildman–Crippen LogP) is 1.90. The van der Waals surface area contributed by atoms with Gasteiger partial charge in [0.2, 0.25) is 0 Å². The first-order chi connectivity index (χ1) is 8.97. The topological polar surface area (TPSA) is 46.4 Å². The van der Waals surface area contributed by atoms with E-state index in [0.29, 0.717) is 0 Å². The summed E-state index contributed by atoms with van der Waals surface area (Å²) in [4.78, 5) is 12.4. The number of benzene rings is 1. The maximum atomic E-state index is 12.5. The summed E-state index contributed by atoms with van der Waals surface area (Å²) in [5, 5.41) is 0. The van der Waals surface area contributed by atoms with E-state index in [-0.39, 0.29) is 24.0 Å². The van der Waals surface area contributed by atoms with Crippen molar-refractivity contribution in [3.05, 3.63) is 29.8 Å². The average Bonchev–Trinajstić information content (AvgIpc) is 3.13. The molecule has 4 atom stereocenters. The molecule has 1 heterocycles. The number of hydrogen-bond donors (Lipinski definition) is 0. The first-order valence-electron chi connectivity index (χ1n) is 6.32. The van der Waals surface area contributed by atoms with E-state index in [0.717, 1.165) is 10.5 Å². The third-order valence-corrected chi connectivity index (χ3v) is 4.87. The first-order valence-corrected chi connectivity index (χ1v) is 7.42. The van der Waals surface area contributed by atoms with E-state index in [1.165, 1.54) is 7.11 Å². The van der Waals surface area contributed by atoms with Crippen molar-refractivity contribution in [3.63, 3.8) is 0 Å². The summed E-state index contributed by atoms with van der Waals surface area (Å²) >= 11 is 0. The second-order valence-corrected chi connectivity index (χ2v) is 6.52. The highest BCUT2D eigenvalue weighted by molar-refractivity contribution is 7.83. The minimum Gasteiger partial charge on any atom is -0.468 e. The fraction of sp³-hybridized carbons (Fsp3) is 0.500. The lowest BCUT2D eigenvalue weighted by atomic mass is 10.1. The summed E-state index contributed by atoms with van der Waals surface area (Å²) in [5.74, 6) is -0.0438. The van der Waals surface area contributed by atoms with Crippen molar-refractivity contribution >= 4 is 17.0 Å². The fourth-order valence-corrected chi connectivity index (χ4v) is 3.80. The van der Waals surface area contributed by atoms with Crippen molar-refractivity contribution in [2.75, 3.05) is 7.11 Å². The lowest BCUT2D eigenvalue weighted by Gasteiger charge is -2.06. The van der Waals surface area contributed by atoms with Gasteiger partial charge in [-0.05, 0) is 25.0 Å². The molecule has 0 radical (unpaired) electrons. The van der Waals surface area contributed by atoms with Crippen LogP contribution in [0.2, 0.25) is 0 Å². The minimum atomic E-state index is -1.30. The molecule has 1 saturated heterocycles. The molecular formula is C14H19NO3S. The zero-order valence-corrected chi connectivity index (χ0v) is 12.4. The summed E-state index contributed by atoms with van der Waals surface area (Å²) < 4.78 is 19.0. The number of aryl methyl sites for hydroxylation is 1. The fourth-order valence-electron chi connectivity index (χ4n) is 2.24. The smallest absolute Gasteiger partial charge is 0.325 e. The summed E-state index contributed by atoms with van der Waals surface area (Å²) in [5.41, 5.74) is 1.12. The molecular weight excluding hydrogens is 262 g/mol. The summed E-state index contributed by atoms with van der Waals surface area (Å²) in [6.45, 7) is 6.03. The average molecular weight is 281 g/mol. The largest absolute Gasteiger partial charge is 0.468 e. The lowest BCUT2D eigenvalue weighted by Crippen LogP contribution is -2.16. The number of methoxy groups -OCH3 is 1. The van der Waals surface area contributed by atoms with Gasteiger partial charge in [-0.1, -0.05) is 31.5 Å². The second-order valence-electron chi connectivity index (χ2n) is 5.12. The zero-order valence-electron chi connectivity index (χ0n) is 11.6. The molecule has 4 nitrogen and oxygen atoms in total. The predicted molar refractivity (Wildman–Crippen MR) is 73.9 cm³/mol. The van der Waals surface area contributed by atoms with Gasteiger partial charge in [0.05, 0.1) is 18.0 Å². The molecule has 0 N–H and O–H groups in total. The van der Waals surface area contributed by atoms with E-state index < -0.39 is 11.0 Å². The Morgan fingerprint density at radius 3 is 2.37 bits per heavy atom. The third-order valence-electron chi connectivity index (χ3n) is 3.34. The van der Waals surface area contributed by atoms with Crippen molar-refractivity contribution in [2.24, 2.45) is 5.92 Å². The van der Waals surface area contributed by atoms with E-state index in [9.17, 15) is 9.00 Å². The molecule has 1 aliphatic heterocycles. The third kappa shape index (κ3) is 2.72. The highest BCUT2D eigenvalue weighted by Crippen LogP contribution is 2.38. The molecule has 104 valence electrons. The Bertz CT molecular complexity index is 498. The van der Waals surface area contributed by atoms with Crippen LogP contribution >= 0.6 is 0 Å². The maximum absolute atomic E-state index is 12.5. The van der Waals surface area contributed by atoms with Crippen LogP contribution in [0, 0.1) is 12.8 Å². The van der Waals surface area contributed by atoms with Crippen molar-refractivity contribution < 1.29 is 13.7 Å². The first kappa shape index (κ1) is 14.2. The summed E-state index contributed by atoms with van der Waals surface area (Å²) in [6.07, 6.45) is 0. The molecule has 0 bridgehead atoms. The van der Waals surface area contributed by atoms with Crippen molar-refractivity contribution in [3.8, 4) is 0 Å². The Hall–Kier alpha value is -1.20. The number of nitrogens with zero attached hydrogens (tertiary/aromatic N) is 1. The summed E-state index contributed by atoms with van der Waals surface area (Å²) in [6, 6.07) is 7.15. The Labute approximate surface area is 116 Å². The van der Waals surface area contributed by atoms with Gasteiger partial charge in [-0.2, -0.15) is 4.31 Å². The van der Waals surface area contributed by atoms with Crippen LogP contribution in [-0.2, 0) is 20.5 Å². The highest BCUT2D eigenvalue weighted by Gasteiger charge is 2.58. The van der Waals surface area contributed by atoms with Crippen LogP contribution in [0.4, 0.5) is 0 Å². The number of hydrogen-bond acceptors (Lipinski definition) is 3. The van der Waals surface area contributed by atoms with E-state index in [1.807, 2.05) is 45.0 Å². The number of ether oxygens (including phenoxy) is 1. The van der Waals surface area contributed by atoms with Crippen LogP contribution in [0.5, 0.6) is 0 Å². The number of esters is 1. The molecule has 1 fully saturated rings. The van der Waals surface area contributed by atoms with Gasteiger partial charge < -0.3 is 4.74 Å². The van der Waals surface area contributed by atoms with Crippen LogP contribution in [0.15, 0.2) is 29.2 Å². The molecule has 1 aromatic rings. The molecule has 19 heavy (non-hydrogen) atoms. The molecule has 1 aliphatic rings. The Morgan fingerprint density at radius 2 is 1.89 bits per heavy atom. The van der Waals surface area contributed by atoms with Crippen molar-refractivity contribution in [2.45, 2.75) is 37.8 Å². The molecule has 0 spiro atoms. The molecule has 5 heteroatoms. The molecule has 0 aliphatic carbocycles. The van der Waals surface area contributed by atoms with Crippen LogP contribution in [0.1, 0.15) is 19.4 Å². The minimum absolute atomic E-state index is 0.00501. The van der Waals surface area contributed by atoms with Crippen LogP contribution < -0.4 is 0 Å². The monoisotopic (exact) mass is 281 g/mol. The molecule has 2 rings (SSSR count). The van der Waals surface area contributed by atoms with Gasteiger partial charge in [0.25, 0.3) is 0 Å². The zero-order chi connectivity index (χ0) is 14.2. The molecule has 0 aromatic heterocycles. The Kier molecular flexibility index (Phi) is 4.06. The van der Waals surface area contributed by atoms with E-state index >= 15 is 0 Å². The number of carbonyl (C=O) groups is 1. The van der Waals surface area contributed by atoms with Gasteiger partial charge in [-0.25, -0.2) is 4.21 Å². The van der Waals surface area contributed by atoms with Gasteiger partial charge in [0.1, 0.15) is 17.0 Å². The van der Waals surface area contributed by atoms with Crippen molar-refractivity contribution in [1.82, 2.24) is 4.31 Å². The SMILES string of the molecule is COC(=O)[C@@H]1[C@H](C(C)C)N1[S@@](=O)c1ccc(C)cc1. The van der Waals surface area contributed by atoms with Crippen LogP contribution in [-0.4, -0.2) is 33.7 Å². The molecule has 1 aromatic carbocycles. The lowest BCUT2D eigenvalue weighted by molar-refractivity contribution is -0.140. The van der Waals surface area contributed by atoms with Gasteiger partial charge >= 0.3 is 5.97 Å². The maximum Gasteiger partial charge on any atom is 0.325 e. The second kappa shape index (κ2) is 5.43. The van der Waals surface area contributed by atoms with Gasteiger partial charge in [0.15, 0.2) is 0 Å². The Morgan fingerprint density at radius 1 is 1.32 bits per heavy atom. The quantitative estimate of drug-likeness (QED) is 0.625. The van der Waals surface area contributed by atoms with E-state index in [1.54, 1.807) is 4.31 Å². The van der Waals surface area contributed by atoms with Crippen LogP contribution in [0.25, 0.3) is 0 Å². The Balaban J connectivity index is 2.19. The number of rotatable bonds is 4. The normalized spacial score (nSPS) is 27.1. The standard InChI is InChI=1S/C14H19NO3S/c1-9(2)12-13(14(16)18-4)15(12)19(17)11-7-5-10(3)6-8-11/h5-9,12-13H,1-4H3/t12-,13-,15?,19-/m0/s1. The number of carbonyl (C=O) groups excluding carboxylic acids is 1. The molecule has 1 unspecified atom stereocenters. The molecule has 0 saturated carbocycles. The molecule has 0 amide bonds. The summed E-state index contributed by atoms with van der Waals surface area (Å²) in [7, 11) is 0.0634.